The highest BCUT2D eigenvalue weighted by atomic mass is 19.1. The van der Waals surface area contributed by atoms with E-state index in [4.69, 9.17) is 4.74 Å². The first-order valence-corrected chi connectivity index (χ1v) is 13.1. The first kappa shape index (κ1) is 29.6. The van der Waals surface area contributed by atoms with Crippen molar-refractivity contribution in [3.05, 3.63) is 71.0 Å². The Balaban J connectivity index is 1.66. The smallest absolute Gasteiger partial charge is 0.349 e. The third-order valence-electron chi connectivity index (χ3n) is 7.14. The number of aliphatic hydroxyl groups is 1. The quantitative estimate of drug-likeness (QED) is 0.332. The number of rotatable bonds is 9. The van der Waals surface area contributed by atoms with Gasteiger partial charge in [0.25, 0.3) is 0 Å². The van der Waals surface area contributed by atoms with Crippen molar-refractivity contribution in [2.75, 3.05) is 26.0 Å². The van der Waals surface area contributed by atoms with Crippen LogP contribution in [0.2, 0.25) is 0 Å². The summed E-state index contributed by atoms with van der Waals surface area (Å²) in [5.41, 5.74) is 5.76. The molecule has 1 heterocycles. The topological polar surface area (TPSA) is 120 Å². The monoisotopic (exact) mass is 560 g/mol. The number of amides is 4. The minimum Gasteiger partial charge on any atom is -0.496 e. The summed E-state index contributed by atoms with van der Waals surface area (Å²) < 4.78 is 20.8. The fourth-order valence-electron chi connectivity index (χ4n) is 4.81. The zero-order valence-electron chi connectivity index (χ0n) is 23.6. The summed E-state index contributed by atoms with van der Waals surface area (Å²) in [6.07, 6.45) is 0.509. The second kappa shape index (κ2) is 12.4. The molecule has 1 aliphatic rings. The van der Waals surface area contributed by atoms with Crippen LogP contribution in [0.15, 0.2) is 53.5 Å². The van der Waals surface area contributed by atoms with E-state index in [2.05, 4.69) is 15.6 Å². The number of halogens is 1. The van der Waals surface area contributed by atoms with E-state index in [1.807, 2.05) is 38.1 Å². The van der Waals surface area contributed by atoms with Crippen LogP contribution in [0.1, 0.15) is 23.6 Å². The third kappa shape index (κ3) is 6.18. The molecular weight excluding hydrogens is 527 g/mol. The Bertz CT molecular complexity index is 1540. The zero-order chi connectivity index (χ0) is 29.8. The summed E-state index contributed by atoms with van der Waals surface area (Å²) in [7, 11) is 2.78. The van der Waals surface area contributed by atoms with Crippen LogP contribution < -0.4 is 15.4 Å². The lowest BCUT2D eigenvalue weighted by Crippen LogP contribution is -2.45. The summed E-state index contributed by atoms with van der Waals surface area (Å²) in [5, 5.41) is 15.3. The minimum atomic E-state index is -1.21. The van der Waals surface area contributed by atoms with Gasteiger partial charge in [-0.2, -0.15) is 0 Å². The van der Waals surface area contributed by atoms with Crippen molar-refractivity contribution >= 4 is 29.7 Å². The number of nitrogens with one attached hydrogen (secondary N) is 2. The molecular formula is C31H33FN4O5. The standard InChI is InChI=1S/C31H33FN4O5/c1-17(37)14-33-15-24-26(32)12-20(13-28(24)41-5)21-8-6-9-22(18(21)2)23-10-7-11-27(19(23)3)35-29(38)25-16-34-31(40)36(4)30(25)39/h6-13,16-17,25,33,37H,14-15H2,1-5H3,(H,35,38)/t17-,25?/m0/s1. The van der Waals surface area contributed by atoms with Crippen LogP contribution in [0, 0.1) is 25.6 Å². The molecule has 0 aliphatic carbocycles. The second-order valence-electron chi connectivity index (χ2n) is 10.00. The molecule has 3 N–H and O–H groups in total. The van der Waals surface area contributed by atoms with E-state index in [0.29, 0.717) is 29.1 Å². The molecule has 0 saturated heterocycles. The number of ether oxygens (including phenoxy) is 1. The maximum atomic E-state index is 15.3. The van der Waals surface area contributed by atoms with Gasteiger partial charge >= 0.3 is 6.03 Å². The Labute approximate surface area is 238 Å². The van der Waals surface area contributed by atoms with E-state index in [1.165, 1.54) is 20.2 Å². The highest BCUT2D eigenvalue weighted by Gasteiger charge is 2.34. The number of aliphatic hydroxyl groups excluding tert-OH is 1. The van der Waals surface area contributed by atoms with Gasteiger partial charge in [-0.1, -0.05) is 30.3 Å². The Morgan fingerprint density at radius 3 is 2.44 bits per heavy atom. The summed E-state index contributed by atoms with van der Waals surface area (Å²) in [6, 6.07) is 13.8. The van der Waals surface area contributed by atoms with E-state index in [9.17, 15) is 19.5 Å². The van der Waals surface area contributed by atoms with Crippen LogP contribution in [0.4, 0.5) is 14.9 Å². The fraction of sp³-hybridized carbons (Fsp3) is 0.290. The largest absolute Gasteiger partial charge is 0.496 e. The van der Waals surface area contributed by atoms with E-state index >= 15 is 4.39 Å². The Kier molecular flexibility index (Phi) is 8.95. The predicted molar refractivity (Wildman–Crippen MR) is 155 cm³/mol. The molecule has 1 unspecified atom stereocenters. The lowest BCUT2D eigenvalue weighted by molar-refractivity contribution is -0.134. The lowest BCUT2D eigenvalue weighted by Gasteiger charge is -2.22. The first-order valence-electron chi connectivity index (χ1n) is 13.1. The van der Waals surface area contributed by atoms with Gasteiger partial charge in [-0.15, -0.1) is 0 Å². The van der Waals surface area contributed by atoms with E-state index in [1.54, 1.807) is 25.1 Å². The summed E-state index contributed by atoms with van der Waals surface area (Å²) in [4.78, 5) is 41.4. The van der Waals surface area contributed by atoms with Crippen LogP contribution >= 0.6 is 0 Å². The number of carbonyl (C=O) groups is 3. The van der Waals surface area contributed by atoms with Gasteiger partial charge in [-0.25, -0.2) is 14.2 Å². The molecule has 0 saturated carbocycles. The normalized spacial score (nSPS) is 15.7. The molecule has 1 aliphatic heterocycles. The number of hydrogen-bond donors (Lipinski definition) is 3. The summed E-state index contributed by atoms with van der Waals surface area (Å²) in [5.74, 6) is -2.46. The number of nitrogens with zero attached hydrogens (tertiary/aromatic N) is 2. The molecule has 4 rings (SSSR count). The molecule has 0 fully saturated rings. The van der Waals surface area contributed by atoms with Crippen molar-refractivity contribution < 1.29 is 28.6 Å². The van der Waals surface area contributed by atoms with Crippen molar-refractivity contribution in [3.8, 4) is 28.0 Å². The van der Waals surface area contributed by atoms with Gasteiger partial charge in [0.2, 0.25) is 11.8 Å². The highest BCUT2D eigenvalue weighted by molar-refractivity contribution is 6.23. The molecule has 0 radical (unpaired) electrons. The van der Waals surface area contributed by atoms with Crippen molar-refractivity contribution in [2.45, 2.75) is 33.4 Å². The van der Waals surface area contributed by atoms with Gasteiger partial charge in [0.15, 0.2) is 5.92 Å². The molecule has 3 aromatic carbocycles. The average molecular weight is 561 g/mol. The zero-order valence-corrected chi connectivity index (χ0v) is 23.6. The number of imide groups is 1. The van der Waals surface area contributed by atoms with E-state index in [-0.39, 0.29) is 6.54 Å². The molecule has 0 bridgehead atoms. The number of aliphatic imine (C=N–C) groups is 1. The van der Waals surface area contributed by atoms with Gasteiger partial charge in [-0.05, 0) is 72.4 Å². The van der Waals surface area contributed by atoms with Crippen LogP contribution in [0.5, 0.6) is 5.75 Å². The second-order valence-corrected chi connectivity index (χ2v) is 10.00. The van der Waals surface area contributed by atoms with Crippen LogP contribution in [-0.4, -0.2) is 60.9 Å². The van der Waals surface area contributed by atoms with Crippen LogP contribution in [0.3, 0.4) is 0 Å². The molecule has 0 spiro atoms. The number of methoxy groups -OCH3 is 1. The predicted octanol–water partition coefficient (Wildman–Crippen LogP) is 4.47. The summed E-state index contributed by atoms with van der Waals surface area (Å²) >= 11 is 0. The van der Waals surface area contributed by atoms with Crippen LogP contribution in [-0.2, 0) is 16.1 Å². The lowest BCUT2D eigenvalue weighted by atomic mass is 9.90. The molecule has 3 aromatic rings. The number of benzene rings is 3. The van der Waals surface area contributed by atoms with Gasteiger partial charge in [0.1, 0.15) is 11.6 Å². The van der Waals surface area contributed by atoms with Crippen molar-refractivity contribution in [3.63, 3.8) is 0 Å². The average Bonchev–Trinajstić information content (AvgIpc) is 2.93. The van der Waals surface area contributed by atoms with Crippen molar-refractivity contribution in [1.29, 1.82) is 0 Å². The van der Waals surface area contributed by atoms with Gasteiger partial charge in [0.05, 0.1) is 13.2 Å². The molecule has 2 atom stereocenters. The molecule has 214 valence electrons. The van der Waals surface area contributed by atoms with Crippen LogP contribution in [0.25, 0.3) is 22.3 Å². The minimum absolute atomic E-state index is 0.210. The first-order chi connectivity index (χ1) is 19.5. The number of carbonyl (C=O) groups excluding carboxylic acids is 3. The third-order valence-corrected chi connectivity index (χ3v) is 7.14. The van der Waals surface area contributed by atoms with Crippen molar-refractivity contribution in [2.24, 2.45) is 10.9 Å². The van der Waals surface area contributed by atoms with Gasteiger partial charge < -0.3 is 20.5 Å². The number of urea groups is 1. The van der Waals surface area contributed by atoms with Gasteiger partial charge in [0, 0.05) is 37.6 Å². The van der Waals surface area contributed by atoms with E-state index < -0.39 is 35.7 Å². The molecule has 0 aromatic heterocycles. The van der Waals surface area contributed by atoms with Gasteiger partial charge in [-0.3, -0.25) is 14.5 Å². The molecule has 10 heteroatoms. The maximum absolute atomic E-state index is 15.3. The summed E-state index contributed by atoms with van der Waals surface area (Å²) in [6.45, 7) is 6.00. The fourth-order valence-corrected chi connectivity index (χ4v) is 4.81. The Morgan fingerprint density at radius 1 is 1.10 bits per heavy atom. The number of anilines is 1. The maximum Gasteiger partial charge on any atom is 0.349 e. The Morgan fingerprint density at radius 2 is 1.76 bits per heavy atom. The van der Waals surface area contributed by atoms with E-state index in [0.717, 1.165) is 38.9 Å². The molecule has 4 amide bonds. The molecule has 9 nitrogen and oxygen atoms in total. The SMILES string of the molecule is COc1cc(-c2cccc(-c3cccc(NC(=O)C4C=NC(=O)N(C)C4=O)c3C)c2C)cc(F)c1CNC[C@H](C)O. The molecule has 41 heavy (non-hydrogen) atoms. The number of hydrogen-bond acceptors (Lipinski definition) is 6. The van der Waals surface area contributed by atoms with Crippen molar-refractivity contribution in [1.82, 2.24) is 10.2 Å². The highest BCUT2D eigenvalue weighted by Crippen LogP contribution is 2.37. The Hall–Kier alpha value is -4.41.